The Balaban J connectivity index is 1.31. The number of fused-ring (bicyclic) bond motifs is 2. The van der Waals surface area contributed by atoms with Gasteiger partial charge >= 0.3 is 0 Å². The van der Waals surface area contributed by atoms with Crippen molar-refractivity contribution in [1.82, 2.24) is 14.8 Å². The summed E-state index contributed by atoms with van der Waals surface area (Å²) in [7, 11) is 0. The summed E-state index contributed by atoms with van der Waals surface area (Å²) in [4.78, 5) is 33.5. The number of carbonyl (C=O) groups excluding carboxylic acids is 2. The summed E-state index contributed by atoms with van der Waals surface area (Å²) in [5.41, 5.74) is 4.88. The molecule has 0 unspecified atom stereocenters. The smallest absolute Gasteiger partial charge is 0.222 e. The number of aromatic nitrogens is 1. The first kappa shape index (κ1) is 26.0. The Morgan fingerprint density at radius 2 is 1.58 bits per heavy atom. The molecule has 0 spiro atoms. The van der Waals surface area contributed by atoms with Crippen LogP contribution in [0.2, 0.25) is 10.0 Å². The van der Waals surface area contributed by atoms with E-state index in [1.807, 2.05) is 11.0 Å². The maximum atomic E-state index is 13.1. The van der Waals surface area contributed by atoms with Crippen molar-refractivity contribution in [2.75, 3.05) is 26.2 Å². The molecule has 2 saturated heterocycles. The highest BCUT2D eigenvalue weighted by molar-refractivity contribution is 9.10. The van der Waals surface area contributed by atoms with Gasteiger partial charge in [0, 0.05) is 61.1 Å². The number of rotatable bonds is 3. The Morgan fingerprint density at radius 1 is 0.944 bits per heavy atom. The second kappa shape index (κ2) is 11.0. The fourth-order valence-electron chi connectivity index (χ4n) is 6.34. The van der Waals surface area contributed by atoms with Gasteiger partial charge in [0.25, 0.3) is 0 Å². The molecule has 2 aliphatic heterocycles. The predicted octanol–water partition coefficient (Wildman–Crippen LogP) is 6.27. The molecule has 0 bridgehead atoms. The molecule has 0 N–H and O–H groups in total. The number of nitrogens with zero attached hydrogens (tertiary/aromatic N) is 3. The van der Waals surface area contributed by atoms with E-state index in [0.29, 0.717) is 23.3 Å². The van der Waals surface area contributed by atoms with E-state index < -0.39 is 0 Å². The molecule has 36 heavy (non-hydrogen) atoms. The molecule has 2 fully saturated rings. The minimum absolute atomic E-state index is 0.133. The highest BCUT2D eigenvalue weighted by Crippen LogP contribution is 2.46. The first-order chi connectivity index (χ1) is 17.3. The molecule has 5 nitrogen and oxygen atoms in total. The van der Waals surface area contributed by atoms with Crippen LogP contribution in [0.15, 0.2) is 28.9 Å². The third-order valence-corrected chi connectivity index (χ3v) is 9.39. The minimum Gasteiger partial charge on any atom is -0.343 e. The average Bonchev–Trinajstić information content (AvgIpc) is 3.01. The van der Waals surface area contributed by atoms with Crippen molar-refractivity contribution < 1.29 is 9.59 Å². The van der Waals surface area contributed by atoms with Crippen molar-refractivity contribution >= 4 is 50.9 Å². The number of benzene rings is 1. The Kier molecular flexibility index (Phi) is 7.95. The van der Waals surface area contributed by atoms with Gasteiger partial charge in [-0.05, 0) is 85.3 Å². The molecule has 1 aliphatic carbocycles. The summed E-state index contributed by atoms with van der Waals surface area (Å²) in [5, 5.41) is 1.41. The molecule has 1 atom stereocenters. The molecule has 1 aromatic carbocycles. The quantitative estimate of drug-likeness (QED) is 0.422. The van der Waals surface area contributed by atoms with Gasteiger partial charge < -0.3 is 9.80 Å². The number of aryl methyl sites for hydroxylation is 2. The fraction of sp³-hybridized carbons (Fsp3) is 0.536. The molecule has 2 amide bonds. The number of halogens is 3. The molecule has 192 valence electrons. The first-order valence-electron chi connectivity index (χ1n) is 13.0. The lowest BCUT2D eigenvalue weighted by Crippen LogP contribution is -2.42. The average molecular weight is 593 g/mol. The van der Waals surface area contributed by atoms with Crippen molar-refractivity contribution in [2.45, 2.75) is 57.8 Å². The number of hydrogen-bond acceptors (Lipinski definition) is 3. The van der Waals surface area contributed by atoms with Gasteiger partial charge in [-0.25, -0.2) is 0 Å². The van der Waals surface area contributed by atoms with E-state index in [4.69, 9.17) is 28.2 Å². The molecule has 3 heterocycles. The zero-order chi connectivity index (χ0) is 25.4. The standard InChI is InChI=1S/C28H32BrCl2N3O2/c1-17(35)33-8-4-18(5-9-33)12-25(36)34-10-6-19(7-11-34)27-26-20(13-22(30)15-24(26)29)2-3-21-14-23(31)16-32-28(21)27/h13-16,18-19,27H,2-12H2,1H3/t27-/m1/s1. The third kappa shape index (κ3) is 5.46. The normalized spacial score (nSPS) is 21.1. The van der Waals surface area contributed by atoms with Crippen LogP contribution < -0.4 is 0 Å². The van der Waals surface area contributed by atoms with E-state index in [-0.39, 0.29) is 17.7 Å². The highest BCUT2D eigenvalue weighted by Gasteiger charge is 2.36. The van der Waals surface area contributed by atoms with E-state index in [9.17, 15) is 9.59 Å². The lowest BCUT2D eigenvalue weighted by molar-refractivity contribution is -0.134. The second-order valence-corrected chi connectivity index (χ2v) is 12.2. The van der Waals surface area contributed by atoms with Crippen LogP contribution in [0.1, 0.15) is 67.3 Å². The SMILES string of the molecule is CC(=O)N1CCC(CC(=O)N2CCC([C@H]3c4ncc(Cl)cc4CCc4cc(Cl)cc(Br)c43)CC2)CC1. The van der Waals surface area contributed by atoms with Crippen LogP contribution in [0.4, 0.5) is 0 Å². The van der Waals surface area contributed by atoms with Crippen molar-refractivity contribution in [1.29, 1.82) is 0 Å². The van der Waals surface area contributed by atoms with Crippen molar-refractivity contribution in [3.05, 3.63) is 61.3 Å². The number of pyridine rings is 1. The van der Waals surface area contributed by atoms with Gasteiger partial charge in [-0.3, -0.25) is 14.6 Å². The number of hydrogen-bond donors (Lipinski definition) is 0. The lowest BCUT2D eigenvalue weighted by atomic mass is 9.76. The van der Waals surface area contributed by atoms with Crippen LogP contribution >= 0.6 is 39.1 Å². The molecule has 0 radical (unpaired) electrons. The molecule has 3 aliphatic rings. The Labute approximate surface area is 231 Å². The Hall–Kier alpha value is -1.63. The van der Waals surface area contributed by atoms with E-state index in [1.165, 1.54) is 16.7 Å². The van der Waals surface area contributed by atoms with Crippen molar-refractivity contribution in [3.8, 4) is 0 Å². The van der Waals surface area contributed by atoms with Crippen molar-refractivity contribution in [2.24, 2.45) is 11.8 Å². The van der Waals surface area contributed by atoms with Gasteiger partial charge in [-0.2, -0.15) is 0 Å². The van der Waals surface area contributed by atoms with Crippen LogP contribution in [0.5, 0.6) is 0 Å². The molecule has 5 rings (SSSR count). The van der Waals surface area contributed by atoms with E-state index >= 15 is 0 Å². The zero-order valence-corrected chi connectivity index (χ0v) is 23.7. The highest BCUT2D eigenvalue weighted by atomic mass is 79.9. The van der Waals surface area contributed by atoms with Crippen LogP contribution in [-0.4, -0.2) is 52.8 Å². The number of likely N-dealkylation sites (tertiary alicyclic amines) is 2. The second-order valence-electron chi connectivity index (χ2n) is 10.5. The molecular weight excluding hydrogens is 561 g/mol. The zero-order valence-electron chi connectivity index (χ0n) is 20.6. The molecular formula is C28H32BrCl2N3O2. The third-order valence-electron chi connectivity index (χ3n) is 8.30. The van der Waals surface area contributed by atoms with Crippen LogP contribution in [0.25, 0.3) is 0 Å². The molecule has 0 saturated carbocycles. The van der Waals surface area contributed by atoms with Gasteiger partial charge in [0.05, 0.1) is 10.7 Å². The summed E-state index contributed by atoms with van der Waals surface area (Å²) in [6, 6.07) is 6.15. The number of piperidine rings is 2. The van der Waals surface area contributed by atoms with Gasteiger partial charge in [-0.1, -0.05) is 39.1 Å². The minimum atomic E-state index is 0.133. The first-order valence-corrected chi connectivity index (χ1v) is 14.5. The van der Waals surface area contributed by atoms with Crippen LogP contribution in [0.3, 0.4) is 0 Å². The summed E-state index contributed by atoms with van der Waals surface area (Å²) >= 11 is 16.6. The van der Waals surface area contributed by atoms with Crippen LogP contribution in [0, 0.1) is 11.8 Å². The monoisotopic (exact) mass is 591 g/mol. The van der Waals surface area contributed by atoms with Crippen LogP contribution in [-0.2, 0) is 22.4 Å². The summed E-state index contributed by atoms with van der Waals surface area (Å²) in [5.74, 6) is 1.30. The van der Waals surface area contributed by atoms with E-state index in [1.54, 1.807) is 13.1 Å². The predicted molar refractivity (Wildman–Crippen MR) is 147 cm³/mol. The van der Waals surface area contributed by atoms with Gasteiger partial charge in [0.2, 0.25) is 11.8 Å². The molecule has 8 heteroatoms. The number of carbonyl (C=O) groups is 2. The van der Waals surface area contributed by atoms with Crippen molar-refractivity contribution in [3.63, 3.8) is 0 Å². The van der Waals surface area contributed by atoms with Gasteiger partial charge in [0.15, 0.2) is 0 Å². The Morgan fingerprint density at radius 3 is 2.28 bits per heavy atom. The largest absolute Gasteiger partial charge is 0.343 e. The topological polar surface area (TPSA) is 53.5 Å². The van der Waals surface area contributed by atoms with E-state index in [2.05, 4.69) is 33.0 Å². The molecule has 1 aromatic heterocycles. The summed E-state index contributed by atoms with van der Waals surface area (Å²) in [6.07, 6.45) is 7.87. The number of amides is 2. The Bertz CT molecular complexity index is 1160. The fourth-order valence-corrected chi connectivity index (χ4v) is 7.64. The lowest BCUT2D eigenvalue weighted by Gasteiger charge is -2.38. The maximum absolute atomic E-state index is 13.1. The summed E-state index contributed by atoms with van der Waals surface area (Å²) < 4.78 is 1.04. The van der Waals surface area contributed by atoms with Gasteiger partial charge in [-0.15, -0.1) is 0 Å². The van der Waals surface area contributed by atoms with E-state index in [0.717, 1.165) is 79.9 Å². The maximum Gasteiger partial charge on any atom is 0.222 e. The van der Waals surface area contributed by atoms with Gasteiger partial charge in [0.1, 0.15) is 0 Å². The summed E-state index contributed by atoms with van der Waals surface area (Å²) in [6.45, 7) is 4.71. The molecule has 2 aromatic rings.